The van der Waals surface area contributed by atoms with Crippen molar-refractivity contribution in [2.45, 2.75) is 13.8 Å². The van der Waals surface area contributed by atoms with Gasteiger partial charge in [-0.15, -0.1) is 0 Å². The molecular formula is C16H18N2O3. The van der Waals surface area contributed by atoms with E-state index in [1.54, 1.807) is 6.07 Å². The quantitative estimate of drug-likeness (QED) is 0.625. The number of ketones is 1. The van der Waals surface area contributed by atoms with E-state index in [9.17, 15) is 9.59 Å². The Kier molecular flexibility index (Phi) is 4.52. The van der Waals surface area contributed by atoms with Crippen molar-refractivity contribution >= 4 is 28.7 Å². The maximum Gasteiger partial charge on any atom is 0.345 e. The van der Waals surface area contributed by atoms with Gasteiger partial charge in [0.1, 0.15) is 5.58 Å². The second-order valence-corrected chi connectivity index (χ2v) is 4.90. The van der Waals surface area contributed by atoms with Gasteiger partial charge in [-0.2, -0.15) is 0 Å². The highest BCUT2D eigenvalue weighted by Gasteiger charge is 2.06. The Morgan fingerprint density at radius 1 is 1.38 bits per heavy atom. The summed E-state index contributed by atoms with van der Waals surface area (Å²) in [5, 5.41) is 0.826. The number of benzene rings is 1. The molecule has 2 aromatic rings. The summed E-state index contributed by atoms with van der Waals surface area (Å²) in [4.78, 5) is 28.7. The molecule has 1 heterocycles. The van der Waals surface area contributed by atoms with Crippen molar-refractivity contribution < 1.29 is 9.21 Å². The highest BCUT2D eigenvalue weighted by Crippen LogP contribution is 2.20. The van der Waals surface area contributed by atoms with Crippen LogP contribution >= 0.6 is 0 Å². The fraction of sp³-hybridized carbons (Fsp3) is 0.312. The number of hydrogen-bond acceptors (Lipinski definition) is 5. The molecule has 0 radical (unpaired) electrons. The van der Waals surface area contributed by atoms with Crippen molar-refractivity contribution in [2.24, 2.45) is 4.99 Å². The molecule has 21 heavy (non-hydrogen) atoms. The van der Waals surface area contributed by atoms with Gasteiger partial charge in [-0.25, -0.2) is 4.79 Å². The Labute approximate surface area is 122 Å². The molecule has 5 heteroatoms. The maximum atomic E-state index is 11.9. The molecule has 0 unspecified atom stereocenters. The summed E-state index contributed by atoms with van der Waals surface area (Å²) in [5.41, 5.74) is 1.43. The molecule has 0 fully saturated rings. The number of rotatable bonds is 5. The molecular weight excluding hydrogens is 268 g/mol. The van der Waals surface area contributed by atoms with Gasteiger partial charge in [0.25, 0.3) is 0 Å². The molecule has 1 aromatic carbocycles. The van der Waals surface area contributed by atoms with E-state index in [1.165, 1.54) is 13.1 Å². The van der Waals surface area contributed by atoms with Crippen LogP contribution in [0.25, 0.3) is 11.0 Å². The largest absolute Gasteiger partial charge is 0.422 e. The van der Waals surface area contributed by atoms with E-state index in [4.69, 9.17) is 4.42 Å². The molecule has 0 amide bonds. The molecule has 2 rings (SSSR count). The lowest BCUT2D eigenvalue weighted by molar-refractivity contribution is -0.115. The Hall–Kier alpha value is -2.43. The molecule has 0 aliphatic carbocycles. The minimum absolute atomic E-state index is 0.0522. The summed E-state index contributed by atoms with van der Waals surface area (Å²) in [6.45, 7) is 4.43. The van der Waals surface area contributed by atoms with Crippen LogP contribution < -0.4 is 10.5 Å². The van der Waals surface area contributed by atoms with E-state index >= 15 is 0 Å². The highest BCUT2D eigenvalue weighted by molar-refractivity contribution is 5.89. The molecule has 0 N–H and O–H groups in total. The van der Waals surface area contributed by atoms with Gasteiger partial charge in [-0.3, -0.25) is 9.79 Å². The third-order valence-electron chi connectivity index (χ3n) is 3.21. The number of fused-ring (bicyclic) bond motifs is 1. The van der Waals surface area contributed by atoms with Crippen LogP contribution in [0.5, 0.6) is 0 Å². The zero-order valence-electron chi connectivity index (χ0n) is 12.4. The second kappa shape index (κ2) is 6.35. The minimum atomic E-state index is -0.453. The normalized spacial score (nSPS) is 11.2. The molecule has 0 bridgehead atoms. The molecule has 110 valence electrons. The van der Waals surface area contributed by atoms with Gasteiger partial charge in [0, 0.05) is 36.9 Å². The van der Waals surface area contributed by atoms with Crippen molar-refractivity contribution in [3.05, 3.63) is 40.2 Å². The molecule has 0 spiro atoms. The molecule has 0 atom stereocenters. The second-order valence-electron chi connectivity index (χ2n) is 4.90. The van der Waals surface area contributed by atoms with Crippen molar-refractivity contribution in [3.8, 4) is 0 Å². The number of anilines is 1. The van der Waals surface area contributed by atoms with Crippen LogP contribution in [0.1, 0.15) is 19.4 Å². The first-order valence-corrected chi connectivity index (χ1v) is 6.79. The van der Waals surface area contributed by atoms with E-state index in [2.05, 4.69) is 16.8 Å². The van der Waals surface area contributed by atoms with E-state index in [0.29, 0.717) is 11.1 Å². The molecule has 1 aromatic heterocycles. The summed E-state index contributed by atoms with van der Waals surface area (Å²) < 4.78 is 5.33. The summed E-state index contributed by atoms with van der Waals surface area (Å²) in [5.74, 6) is -0.0522. The van der Waals surface area contributed by atoms with Crippen molar-refractivity contribution in [1.82, 2.24) is 0 Å². The van der Waals surface area contributed by atoms with Crippen molar-refractivity contribution in [1.29, 1.82) is 0 Å². The van der Waals surface area contributed by atoms with Gasteiger partial charge < -0.3 is 9.32 Å². The third kappa shape index (κ3) is 3.56. The first-order valence-electron chi connectivity index (χ1n) is 6.79. The topological polar surface area (TPSA) is 62.9 Å². The molecule has 0 saturated heterocycles. The zero-order valence-corrected chi connectivity index (χ0v) is 12.4. The van der Waals surface area contributed by atoms with E-state index in [0.717, 1.165) is 17.6 Å². The first kappa shape index (κ1) is 15.0. The lowest BCUT2D eigenvalue weighted by atomic mass is 10.1. The van der Waals surface area contributed by atoms with Crippen LogP contribution in [0.15, 0.2) is 38.5 Å². The van der Waals surface area contributed by atoms with Gasteiger partial charge >= 0.3 is 5.63 Å². The number of carbonyl (C=O) groups excluding carboxylic acids is 1. The number of nitrogens with zero attached hydrogens (tertiary/aromatic N) is 2. The Morgan fingerprint density at radius 3 is 2.81 bits per heavy atom. The van der Waals surface area contributed by atoms with Crippen LogP contribution in [0.3, 0.4) is 0 Å². The SMILES string of the molecule is CCN(C)c1ccc2cc(C=NCC(C)=O)c(=O)oc2c1. The highest BCUT2D eigenvalue weighted by atomic mass is 16.4. The van der Waals surface area contributed by atoms with Crippen molar-refractivity contribution in [2.75, 3.05) is 25.0 Å². The zero-order chi connectivity index (χ0) is 15.4. The Balaban J connectivity index is 2.40. The number of hydrogen-bond donors (Lipinski definition) is 0. The number of aliphatic imine (C=N–C) groups is 1. The smallest absolute Gasteiger partial charge is 0.345 e. The maximum absolute atomic E-state index is 11.9. The fourth-order valence-corrected chi connectivity index (χ4v) is 1.90. The molecule has 5 nitrogen and oxygen atoms in total. The monoisotopic (exact) mass is 286 g/mol. The van der Waals surface area contributed by atoms with Gasteiger partial charge in [0.15, 0.2) is 5.78 Å². The summed E-state index contributed by atoms with van der Waals surface area (Å²) in [7, 11) is 1.97. The van der Waals surface area contributed by atoms with E-state index < -0.39 is 5.63 Å². The average Bonchev–Trinajstić information content (AvgIpc) is 2.46. The van der Waals surface area contributed by atoms with E-state index in [1.807, 2.05) is 25.2 Å². The lowest BCUT2D eigenvalue weighted by Crippen LogP contribution is -2.15. The van der Waals surface area contributed by atoms with Crippen molar-refractivity contribution in [3.63, 3.8) is 0 Å². The molecule has 0 aliphatic rings. The predicted octanol–water partition coefficient (Wildman–Crippen LogP) is 2.26. The summed E-state index contributed by atoms with van der Waals surface area (Å²) in [6.07, 6.45) is 1.39. The van der Waals surface area contributed by atoms with Gasteiger partial charge in [0.05, 0.1) is 12.1 Å². The number of carbonyl (C=O) groups is 1. The van der Waals surface area contributed by atoms with Crippen LogP contribution in [-0.4, -0.2) is 32.1 Å². The summed E-state index contributed by atoms with van der Waals surface area (Å²) >= 11 is 0. The average molecular weight is 286 g/mol. The van der Waals surface area contributed by atoms with Gasteiger partial charge in [0.2, 0.25) is 0 Å². The van der Waals surface area contributed by atoms with Crippen LogP contribution in [-0.2, 0) is 4.79 Å². The molecule has 0 saturated carbocycles. The lowest BCUT2D eigenvalue weighted by Gasteiger charge is -2.16. The summed E-state index contributed by atoms with van der Waals surface area (Å²) in [6, 6.07) is 7.45. The predicted molar refractivity (Wildman–Crippen MR) is 84.6 cm³/mol. The van der Waals surface area contributed by atoms with Crippen LogP contribution in [0, 0.1) is 0 Å². The first-order chi connectivity index (χ1) is 10.0. The van der Waals surface area contributed by atoms with Crippen LogP contribution in [0.4, 0.5) is 5.69 Å². The minimum Gasteiger partial charge on any atom is -0.422 e. The van der Waals surface area contributed by atoms with Crippen LogP contribution in [0.2, 0.25) is 0 Å². The number of Topliss-reactive ketones (excluding diaryl/α,β-unsaturated/α-hetero) is 1. The van der Waals surface area contributed by atoms with Gasteiger partial charge in [-0.1, -0.05) is 0 Å². The Morgan fingerprint density at radius 2 is 2.14 bits per heavy atom. The van der Waals surface area contributed by atoms with E-state index in [-0.39, 0.29) is 12.3 Å². The third-order valence-corrected chi connectivity index (χ3v) is 3.21. The van der Waals surface area contributed by atoms with Gasteiger partial charge in [-0.05, 0) is 32.0 Å². The molecule has 0 aliphatic heterocycles. The Bertz CT molecular complexity index is 747. The standard InChI is InChI=1S/C16H18N2O3/c1-4-18(3)14-6-5-12-7-13(10-17-9-11(2)19)16(20)21-15(12)8-14/h5-8,10H,4,9H2,1-3H3. The fourth-order valence-electron chi connectivity index (χ4n) is 1.90.